The number of amides is 2. The first-order chi connectivity index (χ1) is 13.1. The van der Waals surface area contributed by atoms with E-state index in [-0.39, 0.29) is 42.8 Å². The molecule has 0 aromatic heterocycles. The molecule has 2 aliphatic rings. The maximum Gasteiger partial charge on any atom is 0.223 e. The van der Waals surface area contributed by atoms with Gasteiger partial charge >= 0.3 is 0 Å². The molecule has 6 heteroatoms. The van der Waals surface area contributed by atoms with Crippen LogP contribution in [0.1, 0.15) is 44.2 Å². The molecule has 1 aliphatic carbocycles. The SMILES string of the molecule is C[C@@H](NC(=O)C[C@@H]1C=C[C@H](NC(=O)C2CCC2)[C@H](CO)O1)c1ccccc1. The predicted molar refractivity (Wildman–Crippen MR) is 102 cm³/mol. The molecule has 1 aromatic carbocycles. The molecule has 3 rings (SSSR count). The van der Waals surface area contributed by atoms with Gasteiger partial charge in [0.05, 0.1) is 31.2 Å². The molecular weight excluding hydrogens is 344 g/mol. The number of aliphatic hydroxyl groups is 1. The van der Waals surface area contributed by atoms with Gasteiger partial charge in [0, 0.05) is 5.92 Å². The Balaban J connectivity index is 1.51. The molecule has 2 amide bonds. The minimum atomic E-state index is -0.539. The fraction of sp³-hybridized carbons (Fsp3) is 0.524. The molecule has 1 fully saturated rings. The molecule has 0 radical (unpaired) electrons. The molecule has 3 N–H and O–H groups in total. The van der Waals surface area contributed by atoms with Crippen molar-refractivity contribution >= 4 is 11.8 Å². The highest BCUT2D eigenvalue weighted by Gasteiger charge is 2.32. The Bertz CT molecular complexity index is 672. The Labute approximate surface area is 160 Å². The molecule has 1 saturated carbocycles. The van der Waals surface area contributed by atoms with E-state index in [4.69, 9.17) is 4.74 Å². The van der Waals surface area contributed by atoms with Crippen molar-refractivity contribution in [3.63, 3.8) is 0 Å². The van der Waals surface area contributed by atoms with Gasteiger partial charge in [-0.05, 0) is 25.3 Å². The second-order valence-corrected chi connectivity index (χ2v) is 7.35. The van der Waals surface area contributed by atoms with Crippen LogP contribution in [0.2, 0.25) is 0 Å². The molecule has 6 nitrogen and oxygen atoms in total. The van der Waals surface area contributed by atoms with Crippen LogP contribution in [0.25, 0.3) is 0 Å². The number of rotatable bonds is 7. The van der Waals surface area contributed by atoms with Crippen LogP contribution in [0, 0.1) is 5.92 Å². The molecular formula is C21H28N2O4. The number of aliphatic hydroxyl groups excluding tert-OH is 1. The van der Waals surface area contributed by atoms with Gasteiger partial charge in [-0.3, -0.25) is 9.59 Å². The van der Waals surface area contributed by atoms with Gasteiger partial charge in [0.1, 0.15) is 6.10 Å². The Kier molecular flexibility index (Phi) is 6.63. The molecule has 1 heterocycles. The zero-order chi connectivity index (χ0) is 19.2. The van der Waals surface area contributed by atoms with Crippen molar-refractivity contribution < 1.29 is 19.4 Å². The van der Waals surface area contributed by atoms with Gasteiger partial charge in [-0.1, -0.05) is 48.9 Å². The van der Waals surface area contributed by atoms with Gasteiger partial charge in [-0.25, -0.2) is 0 Å². The average molecular weight is 372 g/mol. The lowest BCUT2D eigenvalue weighted by atomic mass is 9.84. The number of hydrogen-bond acceptors (Lipinski definition) is 4. The molecule has 0 bridgehead atoms. The number of hydrogen-bond donors (Lipinski definition) is 3. The van der Waals surface area contributed by atoms with Crippen molar-refractivity contribution in [1.82, 2.24) is 10.6 Å². The minimum absolute atomic E-state index is 0.0193. The summed E-state index contributed by atoms with van der Waals surface area (Å²) in [7, 11) is 0. The third-order valence-electron chi connectivity index (χ3n) is 5.31. The van der Waals surface area contributed by atoms with Crippen LogP contribution in [-0.4, -0.2) is 41.8 Å². The zero-order valence-corrected chi connectivity index (χ0v) is 15.6. The Morgan fingerprint density at radius 1 is 1.22 bits per heavy atom. The summed E-state index contributed by atoms with van der Waals surface area (Å²) in [6.45, 7) is 1.73. The lowest BCUT2D eigenvalue weighted by molar-refractivity contribution is -0.132. The molecule has 0 spiro atoms. The smallest absolute Gasteiger partial charge is 0.223 e. The summed E-state index contributed by atoms with van der Waals surface area (Å²) in [4.78, 5) is 24.5. The van der Waals surface area contributed by atoms with Crippen molar-refractivity contribution in [2.45, 2.75) is 56.9 Å². The fourth-order valence-corrected chi connectivity index (χ4v) is 3.40. The van der Waals surface area contributed by atoms with Crippen molar-refractivity contribution in [1.29, 1.82) is 0 Å². The second-order valence-electron chi connectivity index (χ2n) is 7.35. The quantitative estimate of drug-likeness (QED) is 0.638. The second kappa shape index (κ2) is 9.15. The van der Waals surface area contributed by atoms with Crippen LogP contribution < -0.4 is 10.6 Å². The zero-order valence-electron chi connectivity index (χ0n) is 15.6. The van der Waals surface area contributed by atoms with Crippen molar-refractivity contribution in [2.75, 3.05) is 6.61 Å². The van der Waals surface area contributed by atoms with Gasteiger partial charge in [-0.2, -0.15) is 0 Å². The summed E-state index contributed by atoms with van der Waals surface area (Å²) in [6.07, 6.45) is 5.80. The van der Waals surface area contributed by atoms with Crippen molar-refractivity contribution in [2.24, 2.45) is 5.92 Å². The number of nitrogens with one attached hydrogen (secondary N) is 2. The Hall–Kier alpha value is -2.18. The van der Waals surface area contributed by atoms with Gasteiger partial charge in [-0.15, -0.1) is 0 Å². The van der Waals surface area contributed by atoms with Crippen molar-refractivity contribution in [3.05, 3.63) is 48.0 Å². The summed E-state index contributed by atoms with van der Waals surface area (Å²) >= 11 is 0. The number of carbonyl (C=O) groups excluding carboxylic acids is 2. The van der Waals surface area contributed by atoms with Crippen LogP contribution in [-0.2, 0) is 14.3 Å². The topological polar surface area (TPSA) is 87.7 Å². The Morgan fingerprint density at radius 3 is 2.59 bits per heavy atom. The van der Waals surface area contributed by atoms with E-state index < -0.39 is 12.2 Å². The van der Waals surface area contributed by atoms with Gasteiger partial charge in [0.25, 0.3) is 0 Å². The third kappa shape index (κ3) is 5.17. The maximum atomic E-state index is 12.3. The molecule has 1 aliphatic heterocycles. The lowest BCUT2D eigenvalue weighted by Crippen LogP contribution is -2.51. The number of ether oxygens (including phenoxy) is 1. The van der Waals surface area contributed by atoms with Crippen LogP contribution in [0.4, 0.5) is 0 Å². The van der Waals surface area contributed by atoms with Crippen LogP contribution in [0.3, 0.4) is 0 Å². The van der Waals surface area contributed by atoms with E-state index in [1.165, 1.54) is 0 Å². The van der Waals surface area contributed by atoms with E-state index in [1.807, 2.05) is 43.3 Å². The van der Waals surface area contributed by atoms with E-state index in [0.29, 0.717) is 0 Å². The van der Waals surface area contributed by atoms with Gasteiger partial charge in [0.2, 0.25) is 11.8 Å². The fourth-order valence-electron chi connectivity index (χ4n) is 3.40. The first kappa shape index (κ1) is 19.6. The third-order valence-corrected chi connectivity index (χ3v) is 5.31. The standard InChI is InChI=1S/C21H28N2O4/c1-14(15-6-3-2-4-7-15)22-20(25)12-17-10-11-18(19(13-24)27-17)23-21(26)16-8-5-9-16/h2-4,6-7,10-11,14,16-19,24H,5,8-9,12-13H2,1H3,(H,22,25)(H,23,26)/t14-,17+,18+,19+/m1/s1. The molecule has 146 valence electrons. The minimum Gasteiger partial charge on any atom is -0.394 e. The molecule has 4 atom stereocenters. The summed E-state index contributed by atoms with van der Waals surface area (Å²) < 4.78 is 5.83. The van der Waals surface area contributed by atoms with E-state index in [9.17, 15) is 14.7 Å². The van der Waals surface area contributed by atoms with E-state index in [2.05, 4.69) is 10.6 Å². The predicted octanol–water partition coefficient (Wildman–Crippen LogP) is 1.85. The molecule has 0 unspecified atom stereocenters. The van der Waals surface area contributed by atoms with Gasteiger partial charge in [0.15, 0.2) is 0 Å². The maximum absolute atomic E-state index is 12.3. The normalized spacial score (nSPS) is 26.1. The summed E-state index contributed by atoms with van der Waals surface area (Å²) in [5, 5.41) is 15.5. The monoisotopic (exact) mass is 372 g/mol. The molecule has 0 saturated heterocycles. The largest absolute Gasteiger partial charge is 0.394 e. The first-order valence-corrected chi connectivity index (χ1v) is 9.66. The van der Waals surface area contributed by atoms with Crippen LogP contribution in [0.15, 0.2) is 42.5 Å². The average Bonchev–Trinajstić information content (AvgIpc) is 2.62. The highest BCUT2D eigenvalue weighted by Crippen LogP contribution is 2.27. The molecule has 1 aromatic rings. The summed E-state index contributed by atoms with van der Waals surface area (Å²) in [5.41, 5.74) is 1.04. The number of benzene rings is 1. The highest BCUT2D eigenvalue weighted by molar-refractivity contribution is 5.80. The van der Waals surface area contributed by atoms with Crippen LogP contribution in [0.5, 0.6) is 0 Å². The highest BCUT2D eigenvalue weighted by atomic mass is 16.5. The number of carbonyl (C=O) groups is 2. The Morgan fingerprint density at radius 2 is 1.96 bits per heavy atom. The molecule has 27 heavy (non-hydrogen) atoms. The summed E-state index contributed by atoms with van der Waals surface area (Å²) in [5.74, 6) is -0.0128. The van der Waals surface area contributed by atoms with Gasteiger partial charge < -0.3 is 20.5 Å². The lowest BCUT2D eigenvalue weighted by Gasteiger charge is -2.34. The first-order valence-electron chi connectivity index (χ1n) is 9.66. The van der Waals surface area contributed by atoms with E-state index in [1.54, 1.807) is 6.08 Å². The van der Waals surface area contributed by atoms with E-state index in [0.717, 1.165) is 24.8 Å². The van der Waals surface area contributed by atoms with Crippen molar-refractivity contribution in [3.8, 4) is 0 Å². The summed E-state index contributed by atoms with van der Waals surface area (Å²) in [6, 6.07) is 9.32. The van der Waals surface area contributed by atoms with E-state index >= 15 is 0 Å². The van der Waals surface area contributed by atoms with Crippen LogP contribution >= 0.6 is 0 Å².